The van der Waals surface area contributed by atoms with Gasteiger partial charge in [-0.3, -0.25) is 9.63 Å². The second kappa shape index (κ2) is 4.86. The van der Waals surface area contributed by atoms with Crippen LogP contribution in [-0.4, -0.2) is 23.5 Å². The Morgan fingerprint density at radius 2 is 1.90 bits per heavy atom. The highest BCUT2D eigenvalue weighted by Crippen LogP contribution is 2.40. The second-order valence-corrected chi connectivity index (χ2v) is 5.26. The van der Waals surface area contributed by atoms with Crippen molar-refractivity contribution in [2.24, 2.45) is 0 Å². The molecule has 3 nitrogen and oxygen atoms in total. The smallest absolute Gasteiger partial charge is 0.297 e. The van der Waals surface area contributed by atoms with Crippen LogP contribution in [0.4, 0.5) is 13.2 Å². The van der Waals surface area contributed by atoms with Crippen LogP contribution in [0.25, 0.3) is 0 Å². The zero-order valence-electron chi connectivity index (χ0n) is 11.5. The number of carbonyl (C=O) groups excluding carboxylic acids is 1. The Kier molecular flexibility index (Phi) is 3.64. The zero-order valence-corrected chi connectivity index (χ0v) is 11.5. The Morgan fingerprint density at radius 3 is 2.30 bits per heavy atom. The Hall–Kier alpha value is -1.40. The van der Waals surface area contributed by atoms with E-state index in [4.69, 9.17) is 4.84 Å². The highest BCUT2D eigenvalue weighted by atomic mass is 19.4. The van der Waals surface area contributed by atoms with Crippen molar-refractivity contribution in [1.82, 2.24) is 5.06 Å². The van der Waals surface area contributed by atoms with Crippen molar-refractivity contribution < 1.29 is 22.8 Å². The molecule has 0 aromatic heterocycles. The summed E-state index contributed by atoms with van der Waals surface area (Å²) in [6.07, 6.45) is -3.92. The first-order valence-corrected chi connectivity index (χ1v) is 6.24. The molecule has 0 saturated carbocycles. The molecule has 1 fully saturated rings. The summed E-state index contributed by atoms with van der Waals surface area (Å²) in [5.41, 5.74) is -0.898. The van der Waals surface area contributed by atoms with Crippen LogP contribution in [-0.2, 0) is 15.8 Å². The van der Waals surface area contributed by atoms with Crippen LogP contribution in [0.1, 0.15) is 37.4 Å². The van der Waals surface area contributed by atoms with Gasteiger partial charge >= 0.3 is 6.18 Å². The van der Waals surface area contributed by atoms with E-state index in [1.807, 2.05) is 0 Å². The van der Waals surface area contributed by atoms with Crippen LogP contribution < -0.4 is 0 Å². The molecule has 1 heterocycles. The lowest BCUT2D eigenvalue weighted by Crippen LogP contribution is -2.33. The van der Waals surface area contributed by atoms with Gasteiger partial charge in [-0.25, -0.2) is 0 Å². The molecule has 1 aliphatic heterocycles. The first-order valence-electron chi connectivity index (χ1n) is 6.24. The molecule has 1 aromatic carbocycles. The van der Waals surface area contributed by atoms with Crippen molar-refractivity contribution in [2.45, 2.75) is 38.1 Å². The summed E-state index contributed by atoms with van der Waals surface area (Å²) in [6, 6.07) is 4.73. The molecule has 1 aromatic rings. The highest BCUT2D eigenvalue weighted by Gasteiger charge is 2.44. The highest BCUT2D eigenvalue weighted by molar-refractivity contribution is 5.84. The van der Waals surface area contributed by atoms with Crippen LogP contribution in [0.5, 0.6) is 0 Å². The minimum Gasteiger partial charge on any atom is -0.297 e. The van der Waals surface area contributed by atoms with Crippen molar-refractivity contribution in [3.05, 3.63) is 35.4 Å². The van der Waals surface area contributed by atoms with E-state index in [0.717, 1.165) is 12.1 Å². The minimum atomic E-state index is -4.34. The lowest BCUT2D eigenvalue weighted by Gasteiger charge is -2.19. The molecule has 0 N–H and O–H groups in total. The number of Topliss-reactive ketones (excluding diaryl/α,β-unsaturated/α-hetero) is 1. The van der Waals surface area contributed by atoms with E-state index in [-0.39, 0.29) is 11.8 Å². The molecule has 0 radical (unpaired) electrons. The molecule has 0 spiro atoms. The number of halogens is 3. The first kappa shape index (κ1) is 15.0. The van der Waals surface area contributed by atoms with Gasteiger partial charge in [0.15, 0.2) is 5.78 Å². The number of hydrogen-bond donors (Lipinski definition) is 0. The maximum absolute atomic E-state index is 12.5. The number of hydrogen-bond acceptors (Lipinski definition) is 3. The second-order valence-electron chi connectivity index (χ2n) is 5.26. The fourth-order valence-corrected chi connectivity index (χ4v) is 2.35. The zero-order chi connectivity index (χ0) is 15.1. The maximum atomic E-state index is 12.5. The van der Waals surface area contributed by atoms with Crippen molar-refractivity contribution in [1.29, 1.82) is 0 Å². The number of rotatable bonds is 2. The summed E-state index contributed by atoms with van der Waals surface area (Å²) in [5.74, 6) is -0.0984. The van der Waals surface area contributed by atoms with Crippen molar-refractivity contribution in [3.63, 3.8) is 0 Å². The third kappa shape index (κ3) is 2.71. The number of benzene rings is 1. The predicted octanol–water partition coefficient (Wildman–Crippen LogP) is 3.36. The summed E-state index contributed by atoms with van der Waals surface area (Å²) in [4.78, 5) is 17.1. The standard InChI is InChI=1S/C14H16F3NO2/c1-9(19)13(2)8-12(18(3)20-13)10-4-6-11(7-5-10)14(15,16)17/h4-7,12H,8H2,1-3H3. The lowest BCUT2D eigenvalue weighted by molar-refractivity contribution is -0.188. The van der Waals surface area contributed by atoms with E-state index in [2.05, 4.69) is 0 Å². The normalized spacial score (nSPS) is 27.8. The van der Waals surface area contributed by atoms with Crippen LogP contribution >= 0.6 is 0 Å². The van der Waals surface area contributed by atoms with Gasteiger partial charge in [-0.1, -0.05) is 12.1 Å². The fraction of sp³-hybridized carbons (Fsp3) is 0.500. The number of carbonyl (C=O) groups is 1. The average molecular weight is 287 g/mol. The molecule has 1 aliphatic rings. The molecule has 6 heteroatoms. The topological polar surface area (TPSA) is 29.5 Å². The number of ketones is 1. The molecular formula is C14H16F3NO2. The van der Waals surface area contributed by atoms with Crippen LogP contribution in [0.15, 0.2) is 24.3 Å². The van der Waals surface area contributed by atoms with Gasteiger partial charge in [0, 0.05) is 13.5 Å². The van der Waals surface area contributed by atoms with Crippen molar-refractivity contribution >= 4 is 5.78 Å². The van der Waals surface area contributed by atoms with E-state index >= 15 is 0 Å². The summed E-state index contributed by atoms with van der Waals surface area (Å²) < 4.78 is 37.6. The lowest BCUT2D eigenvalue weighted by atomic mass is 9.91. The van der Waals surface area contributed by atoms with Crippen LogP contribution in [0.2, 0.25) is 0 Å². The molecule has 0 amide bonds. The predicted molar refractivity (Wildman–Crippen MR) is 66.7 cm³/mol. The van der Waals surface area contributed by atoms with Crippen LogP contribution in [0.3, 0.4) is 0 Å². The van der Waals surface area contributed by atoms with Gasteiger partial charge in [-0.2, -0.15) is 18.2 Å². The third-order valence-electron chi connectivity index (χ3n) is 3.73. The Morgan fingerprint density at radius 1 is 1.35 bits per heavy atom. The summed E-state index contributed by atoms with van der Waals surface area (Å²) in [5, 5.41) is 1.53. The van der Waals surface area contributed by atoms with E-state index < -0.39 is 17.3 Å². The van der Waals surface area contributed by atoms with Gasteiger partial charge in [0.05, 0.1) is 11.6 Å². The average Bonchev–Trinajstić information content (AvgIpc) is 2.65. The molecule has 2 unspecified atom stereocenters. The summed E-state index contributed by atoms with van der Waals surface area (Å²) in [7, 11) is 1.68. The molecule has 2 rings (SSSR count). The van der Waals surface area contributed by atoms with Gasteiger partial charge in [0.1, 0.15) is 5.60 Å². The van der Waals surface area contributed by atoms with E-state index in [1.54, 1.807) is 14.0 Å². The monoisotopic (exact) mass is 287 g/mol. The third-order valence-corrected chi connectivity index (χ3v) is 3.73. The van der Waals surface area contributed by atoms with Gasteiger partial charge in [-0.05, 0) is 31.5 Å². The largest absolute Gasteiger partial charge is 0.416 e. The Balaban J connectivity index is 2.23. The van der Waals surface area contributed by atoms with Gasteiger partial charge < -0.3 is 0 Å². The molecule has 0 bridgehead atoms. The maximum Gasteiger partial charge on any atom is 0.416 e. The summed E-state index contributed by atoms with van der Waals surface area (Å²) >= 11 is 0. The molecule has 2 atom stereocenters. The number of alkyl halides is 3. The molecule has 20 heavy (non-hydrogen) atoms. The Bertz CT molecular complexity index is 512. The molecule has 110 valence electrons. The number of nitrogens with zero attached hydrogens (tertiary/aromatic N) is 1. The summed E-state index contributed by atoms with van der Waals surface area (Å²) in [6.45, 7) is 3.14. The van der Waals surface area contributed by atoms with Gasteiger partial charge in [0.2, 0.25) is 0 Å². The SMILES string of the molecule is CC(=O)C1(C)CC(c2ccc(C(F)(F)F)cc2)N(C)O1. The van der Waals surface area contributed by atoms with E-state index in [9.17, 15) is 18.0 Å². The van der Waals surface area contributed by atoms with Crippen LogP contribution in [0, 0.1) is 0 Å². The molecule has 0 aliphatic carbocycles. The van der Waals surface area contributed by atoms with E-state index in [1.165, 1.54) is 24.1 Å². The quantitative estimate of drug-likeness (QED) is 0.835. The number of hydroxylamine groups is 2. The minimum absolute atomic E-state index is 0.0984. The Labute approximate surface area is 115 Å². The van der Waals surface area contributed by atoms with Crippen molar-refractivity contribution in [2.75, 3.05) is 7.05 Å². The van der Waals surface area contributed by atoms with Gasteiger partial charge in [0.25, 0.3) is 0 Å². The fourth-order valence-electron chi connectivity index (χ4n) is 2.35. The van der Waals surface area contributed by atoms with E-state index in [0.29, 0.717) is 12.0 Å². The van der Waals surface area contributed by atoms with Crippen molar-refractivity contribution in [3.8, 4) is 0 Å². The molecule has 1 saturated heterocycles. The first-order chi connectivity index (χ1) is 9.13. The molecular weight excluding hydrogens is 271 g/mol. The van der Waals surface area contributed by atoms with Gasteiger partial charge in [-0.15, -0.1) is 0 Å².